The Morgan fingerprint density at radius 2 is 1.82 bits per heavy atom. The Balaban J connectivity index is 1.39. The van der Waals surface area contributed by atoms with Crippen LogP contribution < -0.4 is 5.32 Å². The fraction of sp³-hybridized carbons (Fsp3) is 0.667. The monoisotopic (exact) mass is 464 g/mol. The Morgan fingerprint density at radius 1 is 1.12 bits per heavy atom. The molecule has 3 aliphatic rings. The van der Waals surface area contributed by atoms with E-state index in [1.165, 1.54) is 43.2 Å². The normalized spacial score (nSPS) is 22.4. The number of nitrogens with zero attached hydrogens (tertiary/aromatic N) is 1. The summed E-state index contributed by atoms with van der Waals surface area (Å²) in [6.07, 6.45) is 15.2. The molecule has 4 rings (SSSR count). The van der Waals surface area contributed by atoms with E-state index in [1.807, 2.05) is 7.05 Å². The highest BCUT2D eigenvalue weighted by Gasteiger charge is 2.41. The number of carbonyl (C=O) groups excluding carboxylic acids is 2. The first kappa shape index (κ1) is 25.2. The predicted molar refractivity (Wildman–Crippen MR) is 140 cm³/mol. The van der Waals surface area contributed by atoms with E-state index in [4.69, 9.17) is 0 Å². The van der Waals surface area contributed by atoms with Gasteiger partial charge in [-0.2, -0.15) is 0 Å². The lowest BCUT2D eigenvalue weighted by atomic mass is 9.74. The third kappa shape index (κ3) is 5.32. The molecule has 1 saturated heterocycles. The number of nitrogens with one attached hydrogen (secondary N) is 1. The maximum Gasteiger partial charge on any atom is 0.226 e. The molecule has 1 aromatic carbocycles. The summed E-state index contributed by atoms with van der Waals surface area (Å²) in [5.41, 5.74) is 2.81. The van der Waals surface area contributed by atoms with Crippen LogP contribution in [0.3, 0.4) is 0 Å². The maximum atomic E-state index is 13.7. The summed E-state index contributed by atoms with van der Waals surface area (Å²) in [5.74, 6) is 1.08. The molecule has 3 atom stereocenters. The van der Waals surface area contributed by atoms with Gasteiger partial charge in [0.15, 0.2) is 5.78 Å². The number of rotatable bonds is 9. The van der Waals surface area contributed by atoms with Crippen molar-refractivity contribution in [1.29, 1.82) is 0 Å². The first-order valence-electron chi connectivity index (χ1n) is 13.7. The summed E-state index contributed by atoms with van der Waals surface area (Å²) >= 11 is 0. The number of carbonyl (C=O) groups is 2. The van der Waals surface area contributed by atoms with Gasteiger partial charge in [0.2, 0.25) is 5.91 Å². The van der Waals surface area contributed by atoms with Crippen molar-refractivity contribution in [2.24, 2.45) is 17.8 Å². The smallest absolute Gasteiger partial charge is 0.226 e. The van der Waals surface area contributed by atoms with Gasteiger partial charge in [-0.3, -0.25) is 9.59 Å². The van der Waals surface area contributed by atoms with Crippen LogP contribution in [0.4, 0.5) is 0 Å². The predicted octanol–water partition coefficient (Wildman–Crippen LogP) is 5.75. The zero-order valence-electron chi connectivity index (χ0n) is 21.5. The molecule has 0 aromatic heterocycles. The molecule has 1 spiro atoms. The topological polar surface area (TPSA) is 49.4 Å². The molecule has 4 heteroatoms. The third-order valence-corrected chi connectivity index (χ3v) is 9.15. The first-order chi connectivity index (χ1) is 16.5. The van der Waals surface area contributed by atoms with Crippen LogP contribution in [0.1, 0.15) is 89.2 Å². The number of benzene rings is 1. The van der Waals surface area contributed by atoms with Crippen LogP contribution in [-0.4, -0.2) is 42.8 Å². The van der Waals surface area contributed by atoms with Crippen LogP contribution in [-0.2, 0) is 15.0 Å². The number of piperidine rings is 1. The number of amides is 1. The summed E-state index contributed by atoms with van der Waals surface area (Å²) in [4.78, 5) is 29.1. The van der Waals surface area contributed by atoms with E-state index < -0.39 is 0 Å². The van der Waals surface area contributed by atoms with Gasteiger partial charge in [0.1, 0.15) is 0 Å². The quantitative estimate of drug-likeness (QED) is 0.506. The van der Waals surface area contributed by atoms with Gasteiger partial charge in [-0.05, 0) is 49.3 Å². The van der Waals surface area contributed by atoms with Gasteiger partial charge >= 0.3 is 0 Å². The summed E-state index contributed by atoms with van der Waals surface area (Å²) in [5, 5.41) is 3.29. The largest absolute Gasteiger partial charge is 0.342 e. The average Bonchev–Trinajstić information content (AvgIpc) is 3.23. The molecule has 186 valence electrons. The van der Waals surface area contributed by atoms with E-state index in [2.05, 4.69) is 60.5 Å². The number of hydrogen-bond acceptors (Lipinski definition) is 3. The van der Waals surface area contributed by atoms with Crippen molar-refractivity contribution < 1.29 is 9.59 Å². The lowest BCUT2D eigenvalue weighted by Gasteiger charge is -2.41. The fourth-order valence-electron chi connectivity index (χ4n) is 6.57. The molecule has 0 unspecified atom stereocenters. The Bertz CT molecular complexity index is 878. The van der Waals surface area contributed by atoms with E-state index in [1.54, 1.807) is 0 Å². The van der Waals surface area contributed by atoms with Crippen molar-refractivity contribution in [2.75, 3.05) is 20.1 Å². The Hall–Kier alpha value is -1.94. The van der Waals surface area contributed by atoms with Gasteiger partial charge in [0.25, 0.3) is 0 Å². The fourth-order valence-corrected chi connectivity index (χ4v) is 6.57. The average molecular weight is 465 g/mol. The van der Waals surface area contributed by atoms with Gasteiger partial charge in [-0.15, -0.1) is 0 Å². The number of fused-ring (bicyclic) bond motifs is 2. The van der Waals surface area contributed by atoms with Crippen molar-refractivity contribution in [3.8, 4) is 0 Å². The highest BCUT2D eigenvalue weighted by molar-refractivity contribution is 5.90. The van der Waals surface area contributed by atoms with Crippen molar-refractivity contribution in [1.82, 2.24) is 10.2 Å². The maximum absolute atomic E-state index is 13.7. The number of Topliss-reactive ketones (excluding diaryl/α,β-unsaturated/α-hetero) is 1. The molecule has 1 N–H and O–H groups in total. The van der Waals surface area contributed by atoms with E-state index in [0.29, 0.717) is 12.3 Å². The number of hydrogen-bond donors (Lipinski definition) is 1. The van der Waals surface area contributed by atoms with Crippen LogP contribution in [0.5, 0.6) is 0 Å². The lowest BCUT2D eigenvalue weighted by molar-refractivity contribution is -0.141. The van der Waals surface area contributed by atoms with Crippen molar-refractivity contribution in [3.63, 3.8) is 0 Å². The first-order valence-corrected chi connectivity index (χ1v) is 13.7. The molecule has 1 saturated carbocycles. The zero-order chi connectivity index (χ0) is 24.1. The number of likely N-dealkylation sites (N-methyl/N-ethyl adjacent to an activating group) is 1. The molecule has 34 heavy (non-hydrogen) atoms. The number of likely N-dealkylation sites (tertiary alicyclic amines) is 1. The van der Waals surface area contributed by atoms with Crippen molar-refractivity contribution in [2.45, 2.75) is 89.5 Å². The SMILES string of the molecule is CC[C@H](C)[C@@H](CC(=O)[C@H](CC1CCCCC1)NC)C(=O)N1CCC2(C=Cc3ccccc32)CC1. The molecule has 1 amide bonds. The molecule has 2 fully saturated rings. The second kappa shape index (κ2) is 11.2. The highest BCUT2D eigenvalue weighted by atomic mass is 16.2. The number of ketones is 1. The number of allylic oxidation sites excluding steroid dienone is 1. The molecular weight excluding hydrogens is 420 g/mol. The van der Waals surface area contributed by atoms with Crippen LogP contribution >= 0.6 is 0 Å². The van der Waals surface area contributed by atoms with E-state index in [0.717, 1.165) is 38.8 Å². The van der Waals surface area contributed by atoms with Crippen molar-refractivity contribution >= 4 is 17.8 Å². The van der Waals surface area contributed by atoms with Gasteiger partial charge < -0.3 is 10.2 Å². The van der Waals surface area contributed by atoms with Gasteiger partial charge in [-0.1, -0.05) is 88.8 Å². The van der Waals surface area contributed by atoms with E-state index in [-0.39, 0.29) is 35.0 Å². The second-order valence-corrected chi connectivity index (χ2v) is 11.1. The molecule has 1 aromatic rings. The summed E-state index contributed by atoms with van der Waals surface area (Å²) in [7, 11) is 1.91. The summed E-state index contributed by atoms with van der Waals surface area (Å²) in [6, 6.07) is 8.54. The van der Waals surface area contributed by atoms with Gasteiger partial charge in [-0.25, -0.2) is 0 Å². The summed E-state index contributed by atoms with van der Waals surface area (Å²) in [6.45, 7) is 5.83. The molecular formula is C30H44N2O2. The minimum Gasteiger partial charge on any atom is -0.342 e. The highest BCUT2D eigenvalue weighted by Crippen LogP contribution is 2.44. The molecule has 1 heterocycles. The molecule has 0 bridgehead atoms. The second-order valence-electron chi connectivity index (χ2n) is 11.1. The summed E-state index contributed by atoms with van der Waals surface area (Å²) < 4.78 is 0. The van der Waals surface area contributed by atoms with Gasteiger partial charge in [0, 0.05) is 30.8 Å². The Morgan fingerprint density at radius 3 is 2.50 bits per heavy atom. The molecule has 4 nitrogen and oxygen atoms in total. The molecule has 0 radical (unpaired) electrons. The van der Waals surface area contributed by atoms with E-state index >= 15 is 0 Å². The minimum absolute atomic E-state index is 0.0757. The Kier molecular flexibility index (Phi) is 8.29. The molecule has 2 aliphatic carbocycles. The van der Waals surface area contributed by atoms with Crippen LogP contribution in [0.15, 0.2) is 30.3 Å². The molecule has 1 aliphatic heterocycles. The standard InChI is InChI=1S/C30H44N2O2/c1-4-22(2)25(21-28(33)27(31-3)20-23-10-6-5-7-11-23)29(34)32-18-16-30(17-19-32)15-14-24-12-8-9-13-26(24)30/h8-9,12-15,22-23,25,27,31H,4-7,10-11,16-21H2,1-3H3/t22-,25+,27-/m0/s1. The van der Waals surface area contributed by atoms with Crippen molar-refractivity contribution in [3.05, 3.63) is 41.5 Å². The third-order valence-electron chi connectivity index (χ3n) is 9.15. The van der Waals surface area contributed by atoms with Crippen LogP contribution in [0.25, 0.3) is 6.08 Å². The zero-order valence-corrected chi connectivity index (χ0v) is 21.5. The Labute approximate surface area is 206 Å². The van der Waals surface area contributed by atoms with Crippen LogP contribution in [0.2, 0.25) is 0 Å². The van der Waals surface area contributed by atoms with Gasteiger partial charge in [0.05, 0.1) is 6.04 Å². The lowest BCUT2D eigenvalue weighted by Crippen LogP contribution is -2.48. The minimum atomic E-state index is -0.208. The van der Waals surface area contributed by atoms with Crippen LogP contribution in [0, 0.1) is 17.8 Å². The van der Waals surface area contributed by atoms with E-state index in [9.17, 15) is 9.59 Å².